The molecule has 1 aromatic heterocycles. The summed E-state index contributed by atoms with van der Waals surface area (Å²) in [5, 5.41) is 3.75. The van der Waals surface area contributed by atoms with E-state index >= 15 is 0 Å². The van der Waals surface area contributed by atoms with E-state index in [4.69, 9.17) is 11.6 Å². The minimum Gasteiger partial charge on any atom is -0.355 e. The smallest absolute Gasteiger partial charge is 0.234 e. The van der Waals surface area contributed by atoms with Crippen LogP contribution < -0.4 is 5.32 Å². The Morgan fingerprint density at radius 3 is 3.08 bits per heavy atom. The number of amides is 1. The van der Waals surface area contributed by atoms with Gasteiger partial charge in [0.15, 0.2) is 0 Å². The number of hydrogen-bond donors (Lipinski definition) is 1. The number of halogens is 1. The number of thiazole rings is 1. The van der Waals surface area contributed by atoms with Crippen LogP contribution in [0.5, 0.6) is 0 Å². The Labute approximate surface area is 86.1 Å². The van der Waals surface area contributed by atoms with Crippen LogP contribution in [-0.2, 0) is 11.2 Å². The average Bonchev–Trinajstić information content (AvgIpc) is 2.51. The minimum absolute atomic E-state index is 0.0295. The predicted molar refractivity (Wildman–Crippen MR) is 54.3 cm³/mol. The Hall–Kier alpha value is -0.610. The summed E-state index contributed by atoms with van der Waals surface area (Å²) in [6.07, 6.45) is 2.67. The van der Waals surface area contributed by atoms with Gasteiger partial charge in [-0.25, -0.2) is 4.98 Å². The molecule has 0 atom stereocenters. The lowest BCUT2D eigenvalue weighted by Crippen LogP contribution is -2.26. The summed E-state index contributed by atoms with van der Waals surface area (Å²) in [6, 6.07) is 0. The van der Waals surface area contributed by atoms with Crippen LogP contribution in [-0.4, -0.2) is 23.3 Å². The molecule has 1 aromatic rings. The molecule has 0 aliphatic carbocycles. The maximum Gasteiger partial charge on any atom is 0.234 e. The molecular formula is C8H11ClN2OS. The fourth-order valence-corrected chi connectivity index (χ4v) is 1.78. The number of rotatable bonds is 4. The van der Waals surface area contributed by atoms with Gasteiger partial charge in [-0.2, -0.15) is 0 Å². The first-order chi connectivity index (χ1) is 6.22. The van der Waals surface area contributed by atoms with Crippen molar-refractivity contribution in [3.8, 4) is 0 Å². The van der Waals surface area contributed by atoms with Gasteiger partial charge < -0.3 is 5.32 Å². The fraction of sp³-hybridized carbons (Fsp3) is 0.500. The summed E-state index contributed by atoms with van der Waals surface area (Å²) in [6.45, 7) is 2.60. The van der Waals surface area contributed by atoms with Crippen LogP contribution >= 0.6 is 22.9 Å². The van der Waals surface area contributed by atoms with E-state index in [0.29, 0.717) is 6.54 Å². The van der Waals surface area contributed by atoms with Gasteiger partial charge in [-0.15, -0.1) is 22.9 Å². The van der Waals surface area contributed by atoms with Gasteiger partial charge in [0.05, 0.1) is 5.01 Å². The van der Waals surface area contributed by atoms with Crippen LogP contribution in [0.15, 0.2) is 6.20 Å². The van der Waals surface area contributed by atoms with Gasteiger partial charge >= 0.3 is 0 Å². The Bertz CT molecular complexity index is 287. The summed E-state index contributed by atoms with van der Waals surface area (Å²) < 4.78 is 0. The van der Waals surface area contributed by atoms with E-state index < -0.39 is 0 Å². The molecule has 0 aliphatic heterocycles. The molecule has 0 aromatic carbocycles. The zero-order valence-electron chi connectivity index (χ0n) is 7.34. The molecule has 5 heteroatoms. The van der Waals surface area contributed by atoms with Crippen molar-refractivity contribution in [2.75, 3.05) is 12.4 Å². The van der Waals surface area contributed by atoms with Crippen molar-refractivity contribution in [2.45, 2.75) is 13.3 Å². The SMILES string of the molecule is Cc1ncc(CCNC(=O)CCl)s1. The number of nitrogens with zero attached hydrogens (tertiary/aromatic N) is 1. The molecule has 0 fully saturated rings. The third-order valence-electron chi connectivity index (χ3n) is 1.48. The number of carbonyl (C=O) groups excluding carboxylic acids is 1. The number of alkyl halides is 1. The van der Waals surface area contributed by atoms with Gasteiger partial charge in [0.25, 0.3) is 0 Å². The predicted octanol–water partition coefficient (Wildman–Crippen LogP) is 1.35. The first-order valence-corrected chi connectivity index (χ1v) is 5.31. The molecule has 72 valence electrons. The maximum atomic E-state index is 10.8. The molecule has 1 heterocycles. The number of aromatic nitrogens is 1. The van der Waals surface area contributed by atoms with Crippen molar-refractivity contribution in [3.05, 3.63) is 16.1 Å². The highest BCUT2D eigenvalue weighted by molar-refractivity contribution is 7.11. The Morgan fingerprint density at radius 1 is 1.77 bits per heavy atom. The third-order valence-corrected chi connectivity index (χ3v) is 2.70. The van der Waals surface area contributed by atoms with E-state index in [1.54, 1.807) is 11.3 Å². The number of nitrogens with one attached hydrogen (secondary N) is 1. The summed E-state index contributed by atoms with van der Waals surface area (Å²) in [5.74, 6) is -0.0928. The van der Waals surface area contributed by atoms with E-state index in [0.717, 1.165) is 11.4 Å². The first kappa shape index (κ1) is 10.5. The van der Waals surface area contributed by atoms with Crippen LogP contribution in [0.4, 0.5) is 0 Å². The molecule has 1 amide bonds. The molecule has 0 spiro atoms. The normalized spacial score (nSPS) is 10.0. The van der Waals surface area contributed by atoms with Crippen LogP contribution in [0.3, 0.4) is 0 Å². The van der Waals surface area contributed by atoms with E-state index in [2.05, 4.69) is 10.3 Å². The Morgan fingerprint density at radius 2 is 2.54 bits per heavy atom. The Kier molecular flexibility index (Phi) is 4.18. The lowest BCUT2D eigenvalue weighted by Gasteiger charge is -1.99. The van der Waals surface area contributed by atoms with Gasteiger partial charge in [0, 0.05) is 24.0 Å². The molecule has 0 unspecified atom stereocenters. The van der Waals surface area contributed by atoms with E-state index in [1.807, 2.05) is 13.1 Å². The van der Waals surface area contributed by atoms with Gasteiger partial charge in [-0.1, -0.05) is 0 Å². The van der Waals surface area contributed by atoms with Crippen molar-refractivity contribution in [3.63, 3.8) is 0 Å². The molecule has 13 heavy (non-hydrogen) atoms. The highest BCUT2D eigenvalue weighted by atomic mass is 35.5. The molecule has 3 nitrogen and oxygen atoms in total. The first-order valence-electron chi connectivity index (χ1n) is 3.96. The average molecular weight is 219 g/mol. The lowest BCUT2D eigenvalue weighted by molar-refractivity contribution is -0.118. The number of aryl methyl sites for hydroxylation is 1. The van der Waals surface area contributed by atoms with E-state index in [1.165, 1.54) is 4.88 Å². The lowest BCUT2D eigenvalue weighted by atomic mass is 10.4. The van der Waals surface area contributed by atoms with Crippen LogP contribution in [0.2, 0.25) is 0 Å². The van der Waals surface area contributed by atoms with Crippen LogP contribution in [0, 0.1) is 6.92 Å². The van der Waals surface area contributed by atoms with Gasteiger partial charge in [-0.3, -0.25) is 4.79 Å². The number of hydrogen-bond acceptors (Lipinski definition) is 3. The highest BCUT2D eigenvalue weighted by Crippen LogP contribution is 2.11. The minimum atomic E-state index is -0.122. The summed E-state index contributed by atoms with van der Waals surface area (Å²) in [4.78, 5) is 16.1. The molecule has 0 radical (unpaired) electrons. The molecule has 1 rings (SSSR count). The van der Waals surface area contributed by atoms with E-state index in [9.17, 15) is 4.79 Å². The monoisotopic (exact) mass is 218 g/mol. The van der Waals surface area contributed by atoms with Gasteiger partial charge in [0.1, 0.15) is 5.88 Å². The largest absolute Gasteiger partial charge is 0.355 e. The zero-order chi connectivity index (χ0) is 9.68. The molecule has 0 bridgehead atoms. The molecule has 0 saturated heterocycles. The van der Waals surface area contributed by atoms with Crippen LogP contribution in [0.1, 0.15) is 9.88 Å². The van der Waals surface area contributed by atoms with E-state index in [-0.39, 0.29) is 11.8 Å². The topological polar surface area (TPSA) is 42.0 Å². The molecule has 0 aliphatic rings. The van der Waals surface area contributed by atoms with Gasteiger partial charge in [0.2, 0.25) is 5.91 Å². The van der Waals surface area contributed by atoms with Crippen molar-refractivity contribution >= 4 is 28.8 Å². The second-order valence-corrected chi connectivity index (χ2v) is 4.17. The van der Waals surface area contributed by atoms with Crippen molar-refractivity contribution in [1.82, 2.24) is 10.3 Å². The molecular weight excluding hydrogens is 208 g/mol. The standard InChI is InChI=1S/C8H11ClN2OS/c1-6-11-5-7(13-6)2-3-10-8(12)4-9/h5H,2-4H2,1H3,(H,10,12). The summed E-state index contributed by atoms with van der Waals surface area (Å²) in [7, 11) is 0. The third kappa shape index (κ3) is 3.74. The Balaban J connectivity index is 2.24. The van der Waals surface area contributed by atoms with Gasteiger partial charge in [-0.05, 0) is 6.92 Å². The quantitative estimate of drug-likeness (QED) is 0.776. The summed E-state index contributed by atoms with van der Waals surface area (Å²) >= 11 is 6.97. The van der Waals surface area contributed by atoms with Crippen molar-refractivity contribution in [2.24, 2.45) is 0 Å². The highest BCUT2D eigenvalue weighted by Gasteiger charge is 2.00. The zero-order valence-corrected chi connectivity index (χ0v) is 8.91. The number of carbonyl (C=O) groups is 1. The maximum absolute atomic E-state index is 10.8. The molecule has 1 N–H and O–H groups in total. The second kappa shape index (κ2) is 5.19. The van der Waals surface area contributed by atoms with Crippen LogP contribution in [0.25, 0.3) is 0 Å². The van der Waals surface area contributed by atoms with Crippen molar-refractivity contribution < 1.29 is 4.79 Å². The second-order valence-electron chi connectivity index (χ2n) is 2.58. The fourth-order valence-electron chi connectivity index (χ4n) is 0.893. The summed E-state index contributed by atoms with van der Waals surface area (Å²) in [5.41, 5.74) is 0. The van der Waals surface area contributed by atoms with Crippen molar-refractivity contribution in [1.29, 1.82) is 0 Å². The molecule has 0 saturated carbocycles.